The predicted molar refractivity (Wildman–Crippen MR) is 105 cm³/mol. The maximum Gasteiger partial charge on any atom is 0.250 e. The van der Waals surface area contributed by atoms with Crippen molar-refractivity contribution < 1.29 is 13.9 Å². The summed E-state index contributed by atoms with van der Waals surface area (Å²) in [4.78, 5) is 14.2. The summed E-state index contributed by atoms with van der Waals surface area (Å²) in [6.45, 7) is 4.41. The number of rotatable bonds is 5. The molecule has 0 unspecified atom stereocenters. The summed E-state index contributed by atoms with van der Waals surface area (Å²) in [6.07, 6.45) is 4.50. The lowest BCUT2D eigenvalue weighted by molar-refractivity contribution is -0.115. The molecule has 1 saturated heterocycles. The van der Waals surface area contributed by atoms with Crippen molar-refractivity contribution in [2.24, 2.45) is 0 Å². The number of hydrogen-bond acceptors (Lipinski definition) is 5. The average molecular weight is 371 g/mol. The van der Waals surface area contributed by atoms with Crippen LogP contribution in [0.25, 0.3) is 6.08 Å². The first-order valence-electron chi connectivity index (χ1n) is 8.42. The van der Waals surface area contributed by atoms with E-state index in [4.69, 9.17) is 21.4 Å². The molecule has 1 aliphatic heterocycles. The lowest BCUT2D eigenvalue weighted by Gasteiger charge is -2.26. The van der Waals surface area contributed by atoms with Gasteiger partial charge in [-0.25, -0.2) is 0 Å². The number of furan rings is 1. The number of hydrogen-bond donors (Lipinski definition) is 2. The van der Waals surface area contributed by atoms with Gasteiger partial charge in [0.05, 0.1) is 19.5 Å². The molecule has 0 saturated carbocycles. The van der Waals surface area contributed by atoms with Gasteiger partial charge in [-0.15, -0.1) is 0 Å². The quantitative estimate of drug-likeness (QED) is 0.622. The van der Waals surface area contributed by atoms with Gasteiger partial charge >= 0.3 is 0 Å². The molecule has 0 radical (unpaired) electrons. The van der Waals surface area contributed by atoms with E-state index in [0.29, 0.717) is 5.76 Å². The van der Waals surface area contributed by atoms with E-state index in [1.807, 2.05) is 12.1 Å². The smallest absolute Gasteiger partial charge is 0.250 e. The molecule has 0 aliphatic carbocycles. The third-order valence-corrected chi connectivity index (χ3v) is 4.10. The lowest BCUT2D eigenvalue weighted by Crippen LogP contribution is -2.35. The molecule has 136 valence electrons. The molecule has 0 atom stereocenters. The highest BCUT2D eigenvalue weighted by atomic mass is 32.1. The summed E-state index contributed by atoms with van der Waals surface area (Å²) in [5.74, 6) is 0.290. The van der Waals surface area contributed by atoms with Gasteiger partial charge in [-0.05, 0) is 48.1 Å². The van der Waals surface area contributed by atoms with Crippen LogP contribution in [0, 0.1) is 0 Å². The molecular weight excluding hydrogens is 350 g/mol. The number of morpholine rings is 1. The number of nitrogens with one attached hydrogen (secondary N) is 2. The molecule has 26 heavy (non-hydrogen) atoms. The maximum atomic E-state index is 11.8. The fraction of sp³-hybridized carbons (Fsp3) is 0.263. The number of ether oxygens (including phenoxy) is 1. The number of thiocarbonyl (C=S) groups is 1. The number of anilines is 1. The van der Waals surface area contributed by atoms with Crippen molar-refractivity contribution in [1.82, 2.24) is 10.2 Å². The Morgan fingerprint density at radius 3 is 2.65 bits per heavy atom. The van der Waals surface area contributed by atoms with E-state index in [0.717, 1.165) is 38.5 Å². The first-order valence-corrected chi connectivity index (χ1v) is 8.82. The van der Waals surface area contributed by atoms with Crippen LogP contribution in [0.4, 0.5) is 5.69 Å². The van der Waals surface area contributed by atoms with E-state index < -0.39 is 0 Å². The van der Waals surface area contributed by atoms with Crippen molar-refractivity contribution >= 4 is 35.0 Å². The second-order valence-electron chi connectivity index (χ2n) is 5.88. The Labute approximate surface area is 157 Å². The Morgan fingerprint density at radius 1 is 1.19 bits per heavy atom. The lowest BCUT2D eigenvalue weighted by atomic mass is 10.2. The molecular formula is C19H21N3O3S. The zero-order valence-corrected chi connectivity index (χ0v) is 15.1. The summed E-state index contributed by atoms with van der Waals surface area (Å²) in [5, 5.41) is 5.86. The fourth-order valence-electron chi connectivity index (χ4n) is 2.57. The monoisotopic (exact) mass is 371 g/mol. The molecule has 2 N–H and O–H groups in total. The minimum atomic E-state index is -0.317. The van der Waals surface area contributed by atoms with Crippen LogP contribution in [-0.2, 0) is 16.1 Å². The third kappa shape index (κ3) is 5.80. The molecule has 1 fully saturated rings. The highest BCUT2D eigenvalue weighted by molar-refractivity contribution is 7.80. The molecule has 1 aliphatic rings. The topological polar surface area (TPSA) is 66.7 Å². The van der Waals surface area contributed by atoms with E-state index in [2.05, 4.69) is 27.7 Å². The van der Waals surface area contributed by atoms with Crippen molar-refractivity contribution in [2.45, 2.75) is 6.54 Å². The van der Waals surface area contributed by atoms with Crippen LogP contribution in [0.1, 0.15) is 11.3 Å². The second-order valence-corrected chi connectivity index (χ2v) is 6.29. The van der Waals surface area contributed by atoms with Crippen LogP contribution >= 0.6 is 12.2 Å². The number of nitrogens with zero attached hydrogens (tertiary/aromatic N) is 1. The van der Waals surface area contributed by atoms with Gasteiger partial charge < -0.3 is 14.5 Å². The Kier molecular flexibility index (Phi) is 6.54. The van der Waals surface area contributed by atoms with E-state index in [1.165, 1.54) is 11.6 Å². The summed E-state index contributed by atoms with van der Waals surface area (Å²) in [6, 6.07) is 11.5. The van der Waals surface area contributed by atoms with Gasteiger partial charge in [-0.1, -0.05) is 12.1 Å². The highest BCUT2D eigenvalue weighted by Gasteiger charge is 2.10. The molecule has 3 rings (SSSR count). The van der Waals surface area contributed by atoms with Crippen molar-refractivity contribution in [3.63, 3.8) is 0 Å². The normalized spacial score (nSPS) is 15.1. The number of carbonyl (C=O) groups is 1. The molecule has 7 heteroatoms. The molecule has 1 amide bonds. The Bertz CT molecular complexity index is 751. The summed E-state index contributed by atoms with van der Waals surface area (Å²) < 4.78 is 10.5. The Balaban J connectivity index is 1.45. The van der Waals surface area contributed by atoms with Gasteiger partial charge in [-0.2, -0.15) is 0 Å². The minimum absolute atomic E-state index is 0.250. The molecule has 0 bridgehead atoms. The van der Waals surface area contributed by atoms with Crippen molar-refractivity contribution in [2.75, 3.05) is 31.6 Å². The fourth-order valence-corrected chi connectivity index (χ4v) is 2.79. The first-order chi connectivity index (χ1) is 12.7. The molecule has 1 aromatic carbocycles. The Morgan fingerprint density at radius 2 is 1.96 bits per heavy atom. The molecule has 2 heterocycles. The minimum Gasteiger partial charge on any atom is -0.465 e. The number of carbonyl (C=O) groups excluding carboxylic acids is 1. The van der Waals surface area contributed by atoms with Gasteiger partial charge in [0, 0.05) is 31.4 Å². The van der Waals surface area contributed by atoms with Crippen LogP contribution in [0.2, 0.25) is 0 Å². The molecule has 6 nitrogen and oxygen atoms in total. The summed E-state index contributed by atoms with van der Waals surface area (Å²) in [5.41, 5.74) is 2.06. The maximum absolute atomic E-state index is 11.8. The average Bonchev–Trinajstić information content (AvgIpc) is 3.16. The van der Waals surface area contributed by atoms with Crippen molar-refractivity contribution in [3.8, 4) is 0 Å². The van der Waals surface area contributed by atoms with Crippen LogP contribution < -0.4 is 10.6 Å². The van der Waals surface area contributed by atoms with E-state index in [9.17, 15) is 4.79 Å². The Hall–Kier alpha value is -2.48. The van der Waals surface area contributed by atoms with Gasteiger partial charge in [0.25, 0.3) is 0 Å². The summed E-state index contributed by atoms with van der Waals surface area (Å²) in [7, 11) is 0. The zero-order chi connectivity index (χ0) is 18.2. The van der Waals surface area contributed by atoms with E-state index in [1.54, 1.807) is 24.5 Å². The van der Waals surface area contributed by atoms with Gasteiger partial charge in [0.15, 0.2) is 5.11 Å². The van der Waals surface area contributed by atoms with Crippen molar-refractivity contribution in [1.29, 1.82) is 0 Å². The van der Waals surface area contributed by atoms with E-state index in [-0.39, 0.29) is 11.0 Å². The van der Waals surface area contributed by atoms with Crippen LogP contribution in [-0.4, -0.2) is 42.2 Å². The van der Waals surface area contributed by atoms with Crippen LogP contribution in [0.5, 0.6) is 0 Å². The highest BCUT2D eigenvalue weighted by Crippen LogP contribution is 2.12. The van der Waals surface area contributed by atoms with Gasteiger partial charge in [0.2, 0.25) is 5.91 Å². The third-order valence-electron chi connectivity index (χ3n) is 3.90. The van der Waals surface area contributed by atoms with Crippen LogP contribution in [0.15, 0.2) is 53.2 Å². The molecule has 2 aromatic rings. The zero-order valence-electron chi connectivity index (χ0n) is 14.3. The SMILES string of the molecule is O=C(C=Cc1ccco1)NC(=S)Nc1ccc(CN2CCOCC2)cc1. The summed E-state index contributed by atoms with van der Waals surface area (Å²) >= 11 is 5.17. The second kappa shape index (κ2) is 9.28. The number of amides is 1. The van der Waals surface area contributed by atoms with Gasteiger partial charge in [0.1, 0.15) is 5.76 Å². The molecule has 0 spiro atoms. The van der Waals surface area contributed by atoms with E-state index >= 15 is 0 Å². The first kappa shape index (κ1) is 18.3. The largest absolute Gasteiger partial charge is 0.465 e. The molecule has 1 aromatic heterocycles. The van der Waals surface area contributed by atoms with Crippen molar-refractivity contribution in [3.05, 3.63) is 60.1 Å². The number of benzene rings is 1. The standard InChI is InChI=1S/C19H21N3O3S/c23-18(8-7-17-2-1-11-25-17)21-19(26)20-16-5-3-15(4-6-16)14-22-9-12-24-13-10-22/h1-8,11H,9-10,12-14H2,(H2,20,21,23,26). The predicted octanol–water partition coefficient (Wildman–Crippen LogP) is 2.64. The van der Waals surface area contributed by atoms with Gasteiger partial charge in [-0.3, -0.25) is 15.0 Å². The van der Waals surface area contributed by atoms with Crippen LogP contribution in [0.3, 0.4) is 0 Å².